The van der Waals surface area contributed by atoms with E-state index in [0.29, 0.717) is 57.6 Å². The molecule has 222 valence electrons. The fraction of sp³-hybridized carbons (Fsp3) is 0.257. The summed E-state index contributed by atoms with van der Waals surface area (Å²) in [4.78, 5) is 15.9. The lowest BCUT2D eigenvalue weighted by Crippen LogP contribution is -2.47. The molecule has 9 heteroatoms. The molecule has 5 aromatic rings. The number of carboxylic acid groups (broad SMARTS) is 1. The number of aliphatic carboxylic acids is 1. The fourth-order valence-electron chi connectivity index (χ4n) is 7.35. The van der Waals surface area contributed by atoms with Gasteiger partial charge in [-0.25, -0.2) is 21.6 Å². The van der Waals surface area contributed by atoms with Crippen molar-refractivity contribution in [2.75, 3.05) is 0 Å². The van der Waals surface area contributed by atoms with Crippen molar-refractivity contribution in [2.24, 2.45) is 5.41 Å². The monoisotopic (exact) mass is 624 g/mol. The summed E-state index contributed by atoms with van der Waals surface area (Å²) in [7, 11) is -4.18. The molecule has 3 saturated carbocycles. The summed E-state index contributed by atoms with van der Waals surface area (Å²) in [6, 6.07) is 20.4. The number of benzene rings is 3. The van der Waals surface area contributed by atoms with E-state index in [1.54, 1.807) is 35.7 Å². The predicted molar refractivity (Wildman–Crippen MR) is 170 cm³/mol. The lowest BCUT2D eigenvalue weighted by Gasteiger charge is -2.51. The molecule has 2 aromatic heterocycles. The molecule has 0 amide bonds. The molecule has 0 atom stereocenters. The van der Waals surface area contributed by atoms with Crippen LogP contribution >= 0.6 is 11.3 Å². The van der Waals surface area contributed by atoms with E-state index in [4.69, 9.17) is 6.57 Å². The van der Waals surface area contributed by atoms with Crippen molar-refractivity contribution in [3.63, 3.8) is 0 Å². The summed E-state index contributed by atoms with van der Waals surface area (Å²) in [5.41, 5.74) is 3.50. The molecule has 0 spiro atoms. The average molecular weight is 625 g/mol. The molecule has 8 rings (SSSR count). The molecule has 3 aliphatic carbocycles. The lowest BCUT2D eigenvalue weighted by atomic mass is 9.52. The Morgan fingerprint density at radius 1 is 0.977 bits per heavy atom. The minimum absolute atomic E-state index is 0.104. The summed E-state index contributed by atoms with van der Waals surface area (Å²) in [6.45, 7) is 9.71. The van der Waals surface area contributed by atoms with Crippen molar-refractivity contribution < 1.29 is 22.7 Å². The van der Waals surface area contributed by atoms with E-state index >= 15 is 0 Å². The van der Waals surface area contributed by atoms with Gasteiger partial charge in [-0.3, -0.25) is 4.79 Å². The number of thiophene rings is 1. The topological polar surface area (TPSA) is 80.7 Å². The van der Waals surface area contributed by atoms with Gasteiger partial charge in [-0.2, -0.15) is 11.3 Å². The Morgan fingerprint density at radius 3 is 2.34 bits per heavy atom. The van der Waals surface area contributed by atoms with E-state index in [-0.39, 0.29) is 10.3 Å². The van der Waals surface area contributed by atoms with Gasteiger partial charge in [0.15, 0.2) is 0 Å². The van der Waals surface area contributed by atoms with Gasteiger partial charge in [0.2, 0.25) is 5.00 Å². The van der Waals surface area contributed by atoms with E-state index in [1.165, 1.54) is 33.5 Å². The van der Waals surface area contributed by atoms with E-state index in [2.05, 4.69) is 10.9 Å². The number of nitrogens with zero attached hydrogens (tertiary/aromatic N) is 2. The average Bonchev–Trinajstić information content (AvgIpc) is 3.64. The SMILES string of the molecule is [C-]#[N+]c1sccc1-c1c(-c2cccc(C34CCC(C(=O)O)(CC3)CC4)c2)n(S(=O)(=O)c2ccc(C)cc2)c2ccc(F)cc12. The standard InChI is InChI=1S/C35H29FN2O4S2/c1-22-6-9-26(10-7-22)44(41,42)38-29-11-8-25(36)21-28(29)30(27-12-19-43-32(27)37-2)31(38)23-4-3-5-24(20-23)34-13-16-35(17-14-34,18-15-34)33(39)40/h3-12,19-21H,13-18H2,1H3,(H,39,40). The molecular formula is C35H29FN2O4S2. The molecule has 3 aliphatic rings. The highest BCUT2D eigenvalue weighted by Gasteiger charge is 2.53. The summed E-state index contributed by atoms with van der Waals surface area (Å²) in [6.07, 6.45) is 4.08. The quantitative estimate of drug-likeness (QED) is 0.191. The van der Waals surface area contributed by atoms with Crippen molar-refractivity contribution in [3.05, 3.63) is 107 Å². The zero-order valence-corrected chi connectivity index (χ0v) is 25.6. The molecule has 0 aliphatic heterocycles. The summed E-state index contributed by atoms with van der Waals surface area (Å²) < 4.78 is 45.3. The highest BCUT2D eigenvalue weighted by molar-refractivity contribution is 7.90. The summed E-state index contributed by atoms with van der Waals surface area (Å²) in [5.74, 6) is -1.22. The minimum Gasteiger partial charge on any atom is -0.481 e. The summed E-state index contributed by atoms with van der Waals surface area (Å²) >= 11 is 1.26. The number of hydrogen-bond acceptors (Lipinski definition) is 4. The third kappa shape index (κ3) is 4.23. The third-order valence-corrected chi connectivity index (χ3v) is 12.4. The van der Waals surface area contributed by atoms with Crippen molar-refractivity contribution in [1.29, 1.82) is 0 Å². The van der Waals surface area contributed by atoms with Crippen LogP contribution in [-0.4, -0.2) is 23.5 Å². The Kier molecular flexibility index (Phi) is 6.57. The van der Waals surface area contributed by atoms with E-state index in [9.17, 15) is 22.7 Å². The third-order valence-electron chi connectivity index (χ3n) is 9.91. The normalized spacial score (nSPS) is 21.4. The Balaban J connectivity index is 1.51. The number of hydrogen-bond donors (Lipinski definition) is 1. The number of aryl methyl sites for hydroxylation is 1. The van der Waals surface area contributed by atoms with Gasteiger partial charge in [0, 0.05) is 22.1 Å². The summed E-state index contributed by atoms with van der Waals surface area (Å²) in [5, 5.41) is 12.5. The molecular weight excluding hydrogens is 596 g/mol. The molecule has 2 bridgehead atoms. The van der Waals surface area contributed by atoms with Crippen LogP contribution in [0.15, 0.2) is 83.1 Å². The Bertz CT molecular complexity index is 2100. The van der Waals surface area contributed by atoms with Crippen LogP contribution in [-0.2, 0) is 20.2 Å². The highest BCUT2D eigenvalue weighted by atomic mass is 32.2. The van der Waals surface area contributed by atoms with Gasteiger partial charge in [-0.05, 0) is 98.2 Å². The van der Waals surface area contributed by atoms with Gasteiger partial charge >= 0.3 is 5.97 Å². The zero-order valence-electron chi connectivity index (χ0n) is 24.0. The number of aromatic nitrogens is 1. The van der Waals surface area contributed by atoms with Crippen LogP contribution in [0.5, 0.6) is 0 Å². The number of carboxylic acids is 1. The van der Waals surface area contributed by atoms with Crippen LogP contribution in [0.25, 0.3) is 38.1 Å². The maximum absolute atomic E-state index is 14.9. The lowest BCUT2D eigenvalue weighted by molar-refractivity contribution is -0.156. The van der Waals surface area contributed by atoms with Crippen LogP contribution < -0.4 is 0 Å². The maximum atomic E-state index is 14.9. The van der Waals surface area contributed by atoms with Gasteiger partial charge in [0.05, 0.1) is 28.1 Å². The first-order valence-corrected chi connectivity index (χ1v) is 16.9. The fourth-order valence-corrected chi connectivity index (χ4v) is 9.58. The van der Waals surface area contributed by atoms with Gasteiger partial charge < -0.3 is 5.11 Å². The second-order valence-corrected chi connectivity index (χ2v) is 14.8. The van der Waals surface area contributed by atoms with Crippen LogP contribution in [0.3, 0.4) is 0 Å². The molecule has 1 N–H and O–H groups in total. The van der Waals surface area contributed by atoms with Crippen LogP contribution in [0, 0.1) is 24.7 Å². The first-order valence-electron chi connectivity index (χ1n) is 14.5. The van der Waals surface area contributed by atoms with Crippen molar-refractivity contribution in [1.82, 2.24) is 3.97 Å². The highest BCUT2D eigenvalue weighted by Crippen LogP contribution is 2.58. The largest absolute Gasteiger partial charge is 0.481 e. The van der Waals surface area contributed by atoms with Crippen molar-refractivity contribution >= 4 is 43.2 Å². The maximum Gasteiger partial charge on any atom is 0.309 e. The van der Waals surface area contributed by atoms with E-state index in [1.807, 2.05) is 25.1 Å². The smallest absolute Gasteiger partial charge is 0.309 e. The first-order chi connectivity index (χ1) is 21.1. The molecule has 3 aromatic carbocycles. The Morgan fingerprint density at radius 2 is 1.68 bits per heavy atom. The minimum atomic E-state index is -4.18. The van der Waals surface area contributed by atoms with Crippen LogP contribution in [0.2, 0.25) is 0 Å². The number of halogens is 1. The molecule has 6 nitrogen and oxygen atoms in total. The van der Waals surface area contributed by atoms with Gasteiger partial charge in [-0.15, -0.1) is 0 Å². The second-order valence-electron chi connectivity index (χ2n) is 12.2. The Labute approximate surface area is 259 Å². The van der Waals surface area contributed by atoms with Gasteiger partial charge in [0.25, 0.3) is 10.0 Å². The van der Waals surface area contributed by atoms with E-state index in [0.717, 1.165) is 30.4 Å². The number of rotatable bonds is 6. The molecule has 44 heavy (non-hydrogen) atoms. The number of fused-ring (bicyclic) bond motifs is 4. The van der Waals surface area contributed by atoms with Crippen molar-refractivity contribution in [2.45, 2.75) is 55.8 Å². The van der Waals surface area contributed by atoms with Crippen molar-refractivity contribution in [3.8, 4) is 22.4 Å². The van der Waals surface area contributed by atoms with Gasteiger partial charge in [-0.1, -0.05) is 42.0 Å². The van der Waals surface area contributed by atoms with Crippen LogP contribution in [0.1, 0.15) is 49.7 Å². The molecule has 2 heterocycles. The number of carbonyl (C=O) groups is 1. The molecule has 0 saturated heterocycles. The molecule has 0 radical (unpaired) electrons. The predicted octanol–water partition coefficient (Wildman–Crippen LogP) is 8.95. The molecule has 0 unspecified atom stereocenters. The first kappa shape index (κ1) is 28.5. The van der Waals surface area contributed by atoms with E-state index < -0.39 is 27.2 Å². The van der Waals surface area contributed by atoms with Gasteiger partial charge in [0.1, 0.15) is 5.82 Å². The Hall–Kier alpha value is -4.26. The molecule has 3 fully saturated rings. The van der Waals surface area contributed by atoms with Crippen LogP contribution in [0.4, 0.5) is 9.39 Å². The second kappa shape index (κ2) is 10.1. The zero-order chi connectivity index (χ0) is 30.9.